The van der Waals surface area contributed by atoms with Crippen LogP contribution < -0.4 is 0 Å². The van der Waals surface area contributed by atoms with Gasteiger partial charge in [-0.15, -0.1) is 0 Å². The van der Waals surface area contributed by atoms with Gasteiger partial charge in [0.2, 0.25) is 0 Å². The van der Waals surface area contributed by atoms with Crippen LogP contribution in [0.1, 0.15) is 50.1 Å². The molecular formula is C22H25ClFN5O2S. The summed E-state index contributed by atoms with van der Waals surface area (Å²) in [7, 11) is -3.43. The topological polar surface area (TPSA) is 78.2 Å². The number of pyridine rings is 1. The van der Waals surface area contributed by atoms with E-state index in [9.17, 15) is 12.8 Å². The number of aromatic nitrogens is 1. The molecule has 1 aromatic rings. The van der Waals surface area contributed by atoms with E-state index in [1.165, 1.54) is 12.3 Å². The standard InChI is InChI=1S/C22H25ClFN5O2S/c1-32(30,31)22-17-9-6-15(23)11-19(17)26-12-20-28(22)13-27-29(20)16-7-4-14(5-8-16)21-18(24)3-2-10-25-21/h2-3,10-14,16-17,22H,4-9H2,1H3. The second kappa shape index (κ2) is 8.26. The quantitative estimate of drug-likeness (QED) is 0.658. The molecule has 0 N–H and O–H groups in total. The lowest BCUT2D eigenvalue weighted by Gasteiger charge is -2.37. The van der Waals surface area contributed by atoms with Gasteiger partial charge in [0.05, 0.1) is 17.9 Å². The van der Waals surface area contributed by atoms with Gasteiger partial charge in [-0.3, -0.25) is 14.9 Å². The summed E-state index contributed by atoms with van der Waals surface area (Å²) in [6.45, 7) is 0. The highest BCUT2D eigenvalue weighted by Gasteiger charge is 2.45. The molecule has 0 saturated heterocycles. The zero-order valence-electron chi connectivity index (χ0n) is 17.7. The van der Waals surface area contributed by atoms with E-state index in [4.69, 9.17) is 11.6 Å². The maximum atomic E-state index is 14.2. The van der Waals surface area contributed by atoms with E-state index in [0.29, 0.717) is 35.1 Å². The molecule has 2 atom stereocenters. The minimum absolute atomic E-state index is 0.0809. The van der Waals surface area contributed by atoms with Crippen LogP contribution in [0.4, 0.5) is 4.39 Å². The van der Waals surface area contributed by atoms with Crippen LogP contribution in [-0.4, -0.2) is 53.0 Å². The fraction of sp³-hybridized carbons (Fsp3) is 0.500. The molecule has 0 bridgehead atoms. The number of hydrogen-bond acceptors (Lipinski definition) is 7. The molecule has 0 spiro atoms. The molecule has 1 aromatic heterocycles. The lowest BCUT2D eigenvalue weighted by atomic mass is 9.83. The summed E-state index contributed by atoms with van der Waals surface area (Å²) in [5.41, 5.74) is 1.23. The molecule has 170 valence electrons. The van der Waals surface area contributed by atoms with E-state index >= 15 is 0 Å². The Bertz CT molecular complexity index is 1140. The van der Waals surface area contributed by atoms with Crippen molar-refractivity contribution >= 4 is 33.5 Å². The molecule has 0 radical (unpaired) electrons. The third-order valence-corrected chi connectivity index (χ3v) is 8.51. The summed E-state index contributed by atoms with van der Waals surface area (Å²) in [5, 5.41) is 6.38. The van der Waals surface area contributed by atoms with Crippen LogP contribution in [0.25, 0.3) is 0 Å². The highest BCUT2D eigenvalue weighted by Crippen LogP contribution is 2.40. The zero-order chi connectivity index (χ0) is 22.5. The highest BCUT2D eigenvalue weighted by atomic mass is 35.5. The maximum absolute atomic E-state index is 14.2. The van der Waals surface area contributed by atoms with Crippen molar-refractivity contribution < 1.29 is 12.8 Å². The fourth-order valence-electron chi connectivity index (χ4n) is 5.28. The highest BCUT2D eigenvalue weighted by molar-refractivity contribution is 7.91. The van der Waals surface area contributed by atoms with Crippen molar-refractivity contribution in [2.75, 3.05) is 6.26 Å². The van der Waals surface area contributed by atoms with Crippen molar-refractivity contribution in [3.8, 4) is 0 Å². The summed E-state index contributed by atoms with van der Waals surface area (Å²) in [4.78, 5) is 10.6. The van der Waals surface area contributed by atoms with Gasteiger partial charge in [-0.05, 0) is 56.7 Å². The Balaban J connectivity index is 1.39. The molecule has 10 heteroatoms. The van der Waals surface area contributed by atoms with E-state index in [1.54, 1.807) is 35.8 Å². The maximum Gasteiger partial charge on any atom is 0.169 e. The summed E-state index contributed by atoms with van der Waals surface area (Å²) in [6, 6.07) is 3.15. The van der Waals surface area contributed by atoms with Crippen LogP contribution in [0.3, 0.4) is 0 Å². The Morgan fingerprint density at radius 1 is 1.19 bits per heavy atom. The van der Waals surface area contributed by atoms with Gasteiger partial charge in [-0.25, -0.2) is 17.8 Å². The van der Waals surface area contributed by atoms with Gasteiger partial charge >= 0.3 is 0 Å². The molecular weight excluding hydrogens is 453 g/mol. The predicted octanol–water partition coefficient (Wildman–Crippen LogP) is 3.96. The van der Waals surface area contributed by atoms with E-state index < -0.39 is 15.2 Å². The van der Waals surface area contributed by atoms with Crippen LogP contribution in [-0.2, 0) is 9.84 Å². The van der Waals surface area contributed by atoms with Gasteiger partial charge < -0.3 is 0 Å². The van der Waals surface area contributed by atoms with Crippen LogP contribution in [0.15, 0.2) is 51.6 Å². The van der Waals surface area contributed by atoms with Crippen LogP contribution in [0, 0.1) is 11.7 Å². The first kappa shape index (κ1) is 21.6. The zero-order valence-corrected chi connectivity index (χ0v) is 19.3. The van der Waals surface area contributed by atoms with Gasteiger partial charge in [0.25, 0.3) is 0 Å². The van der Waals surface area contributed by atoms with Gasteiger partial charge in [0.15, 0.2) is 15.7 Å². The molecule has 2 unspecified atom stereocenters. The van der Waals surface area contributed by atoms with Crippen molar-refractivity contribution in [3.05, 3.63) is 53.0 Å². The first-order chi connectivity index (χ1) is 15.3. The van der Waals surface area contributed by atoms with Gasteiger partial charge in [-0.2, -0.15) is 5.10 Å². The Kier molecular flexibility index (Phi) is 5.57. The van der Waals surface area contributed by atoms with Crippen LogP contribution in [0.5, 0.6) is 0 Å². The molecule has 32 heavy (non-hydrogen) atoms. The molecule has 0 aromatic carbocycles. The third-order valence-electron chi connectivity index (χ3n) is 6.78. The minimum Gasteiger partial charge on any atom is -0.296 e. The number of allylic oxidation sites excluding steroid dienone is 2. The van der Waals surface area contributed by atoms with Gasteiger partial charge in [0, 0.05) is 35.0 Å². The average Bonchev–Trinajstić information content (AvgIpc) is 3.09. The van der Waals surface area contributed by atoms with Crippen molar-refractivity contribution in [1.82, 2.24) is 14.9 Å². The van der Waals surface area contributed by atoms with E-state index in [-0.39, 0.29) is 23.7 Å². The summed E-state index contributed by atoms with van der Waals surface area (Å²) >= 11 is 6.23. The largest absolute Gasteiger partial charge is 0.296 e. The van der Waals surface area contributed by atoms with Crippen LogP contribution in [0.2, 0.25) is 0 Å². The first-order valence-corrected chi connectivity index (χ1v) is 13.2. The number of fused-ring (bicyclic) bond motifs is 2. The second-order valence-electron chi connectivity index (χ2n) is 8.86. The Labute approximate surface area is 192 Å². The molecule has 5 rings (SSSR count). The summed E-state index contributed by atoms with van der Waals surface area (Å²) < 4.78 is 39.8. The molecule has 4 aliphatic rings. The number of nitrogens with zero attached hydrogens (tertiary/aromatic N) is 5. The number of aliphatic imine (C=N–C) groups is 1. The monoisotopic (exact) mass is 477 g/mol. The molecule has 0 amide bonds. The third kappa shape index (κ3) is 3.85. The Morgan fingerprint density at radius 3 is 2.69 bits per heavy atom. The lowest BCUT2D eigenvalue weighted by Crippen LogP contribution is -2.47. The second-order valence-corrected chi connectivity index (χ2v) is 11.5. The molecule has 7 nitrogen and oxygen atoms in total. The SMILES string of the molecule is CS(=O)(=O)C1C2CCC(Cl)=CC2=NC=C2N1C=NN2C1CCC(c2ncccc2F)CC1. The van der Waals surface area contributed by atoms with Gasteiger partial charge in [-0.1, -0.05) is 11.6 Å². The minimum atomic E-state index is -3.43. The summed E-state index contributed by atoms with van der Waals surface area (Å²) in [5.74, 6) is 0.223. The number of rotatable bonds is 3. The lowest BCUT2D eigenvalue weighted by molar-refractivity contribution is 0.175. The van der Waals surface area contributed by atoms with E-state index in [2.05, 4.69) is 15.1 Å². The molecule has 1 fully saturated rings. The molecule has 2 aliphatic heterocycles. The Morgan fingerprint density at radius 2 is 1.97 bits per heavy atom. The summed E-state index contributed by atoms with van der Waals surface area (Å²) in [6.07, 6.45) is 12.5. The van der Waals surface area contributed by atoms with Crippen molar-refractivity contribution in [2.24, 2.45) is 16.0 Å². The predicted molar refractivity (Wildman–Crippen MR) is 122 cm³/mol. The van der Waals surface area contributed by atoms with Crippen molar-refractivity contribution in [3.63, 3.8) is 0 Å². The molecule has 1 saturated carbocycles. The smallest absolute Gasteiger partial charge is 0.169 e. The van der Waals surface area contributed by atoms with Gasteiger partial charge in [0.1, 0.15) is 17.5 Å². The van der Waals surface area contributed by atoms with E-state index in [1.807, 2.05) is 5.01 Å². The molecule has 2 aliphatic carbocycles. The average molecular weight is 478 g/mol. The van der Waals surface area contributed by atoms with Crippen LogP contribution >= 0.6 is 11.6 Å². The molecule has 3 heterocycles. The van der Waals surface area contributed by atoms with E-state index in [0.717, 1.165) is 25.7 Å². The number of halogens is 2. The fourth-order valence-corrected chi connectivity index (χ4v) is 6.94. The normalized spacial score (nSPS) is 30.2. The Hall–Kier alpha value is -2.26. The number of sulfone groups is 1. The number of hydrogen-bond donors (Lipinski definition) is 0. The number of hydrazone groups is 1. The van der Waals surface area contributed by atoms with Crippen molar-refractivity contribution in [1.29, 1.82) is 0 Å². The van der Waals surface area contributed by atoms with Crippen molar-refractivity contribution in [2.45, 2.75) is 55.9 Å². The first-order valence-electron chi connectivity index (χ1n) is 10.9.